The van der Waals surface area contributed by atoms with E-state index >= 15 is 0 Å². The number of rotatable bonds is 8. The first-order valence-electron chi connectivity index (χ1n) is 10.4. The summed E-state index contributed by atoms with van der Waals surface area (Å²) >= 11 is 0. The minimum Gasteiger partial charge on any atom is -0.496 e. The largest absolute Gasteiger partial charge is 0.496 e. The highest BCUT2D eigenvalue weighted by molar-refractivity contribution is 5.78. The van der Waals surface area contributed by atoms with Crippen molar-refractivity contribution in [3.05, 3.63) is 63.7 Å². The molecule has 0 unspecified atom stereocenters. The average molecular weight is 428 g/mol. The molecule has 0 bridgehead atoms. The first-order chi connectivity index (χ1) is 14.9. The second-order valence-corrected chi connectivity index (χ2v) is 7.93. The summed E-state index contributed by atoms with van der Waals surface area (Å²) in [5.74, 6) is 0.763. The minimum absolute atomic E-state index is 0.0580. The number of hydrogen-bond acceptors (Lipinski definition) is 6. The Labute approximate surface area is 182 Å². The van der Waals surface area contributed by atoms with Gasteiger partial charge in [0, 0.05) is 32.7 Å². The molecule has 2 aromatic rings. The van der Waals surface area contributed by atoms with E-state index in [-0.39, 0.29) is 24.0 Å². The normalized spacial score (nSPS) is 14.5. The van der Waals surface area contributed by atoms with Gasteiger partial charge in [-0.15, -0.1) is 0 Å². The lowest BCUT2D eigenvalue weighted by Gasteiger charge is -2.34. The predicted octanol–water partition coefficient (Wildman–Crippen LogP) is 3.45. The van der Waals surface area contributed by atoms with Crippen LogP contribution in [-0.4, -0.2) is 60.5 Å². The van der Waals surface area contributed by atoms with Gasteiger partial charge in [-0.25, -0.2) is 0 Å². The Morgan fingerprint density at radius 1 is 1.10 bits per heavy atom. The Morgan fingerprint density at radius 2 is 1.77 bits per heavy atom. The highest BCUT2D eigenvalue weighted by Gasteiger charge is 2.23. The SMILES string of the molecule is COc1ccc(OCC(=O)N2CCN(Cc3ccc(C(C)C)cc3)CC2)c([N+](=O)[O-])c1. The highest BCUT2D eigenvalue weighted by Crippen LogP contribution is 2.31. The van der Waals surface area contributed by atoms with Gasteiger partial charge in [-0.1, -0.05) is 38.1 Å². The molecule has 0 saturated carbocycles. The van der Waals surface area contributed by atoms with E-state index in [0.717, 1.165) is 19.6 Å². The summed E-state index contributed by atoms with van der Waals surface area (Å²) in [4.78, 5) is 27.3. The first kappa shape index (κ1) is 22.6. The highest BCUT2D eigenvalue weighted by atomic mass is 16.6. The first-order valence-corrected chi connectivity index (χ1v) is 10.4. The molecule has 0 N–H and O–H groups in total. The molecule has 166 valence electrons. The van der Waals surface area contributed by atoms with Crippen LogP contribution in [0.1, 0.15) is 30.9 Å². The Hall–Kier alpha value is -3.13. The number of piperazine rings is 1. The Morgan fingerprint density at radius 3 is 2.35 bits per heavy atom. The maximum atomic E-state index is 12.5. The fraction of sp³-hybridized carbons (Fsp3) is 0.435. The second kappa shape index (κ2) is 10.3. The standard InChI is InChI=1S/C23H29N3O5/c1-17(2)19-6-4-18(5-7-19)15-24-10-12-25(13-11-24)23(27)16-31-22-9-8-20(30-3)14-21(22)26(28)29/h4-9,14,17H,10-13,15-16H2,1-3H3. The minimum atomic E-state index is -0.547. The Balaban J connectivity index is 1.49. The van der Waals surface area contributed by atoms with Crippen molar-refractivity contribution in [2.75, 3.05) is 39.9 Å². The number of nitro benzene ring substituents is 1. The molecule has 8 heteroatoms. The molecule has 1 saturated heterocycles. The van der Waals surface area contributed by atoms with E-state index in [0.29, 0.717) is 24.8 Å². The topological polar surface area (TPSA) is 85.2 Å². The summed E-state index contributed by atoms with van der Waals surface area (Å²) < 4.78 is 10.5. The number of ether oxygens (including phenoxy) is 2. The number of benzene rings is 2. The molecule has 0 spiro atoms. The predicted molar refractivity (Wildman–Crippen MR) is 118 cm³/mol. The van der Waals surface area contributed by atoms with Crippen LogP contribution in [0.5, 0.6) is 11.5 Å². The summed E-state index contributed by atoms with van der Waals surface area (Å²) in [5.41, 5.74) is 2.37. The lowest BCUT2D eigenvalue weighted by Crippen LogP contribution is -2.49. The maximum Gasteiger partial charge on any atom is 0.314 e. The average Bonchev–Trinajstić information content (AvgIpc) is 2.78. The smallest absolute Gasteiger partial charge is 0.314 e. The van der Waals surface area contributed by atoms with Gasteiger partial charge >= 0.3 is 5.69 Å². The van der Waals surface area contributed by atoms with Crippen molar-refractivity contribution >= 4 is 11.6 Å². The lowest BCUT2D eigenvalue weighted by atomic mass is 10.0. The summed E-state index contributed by atoms with van der Waals surface area (Å²) in [7, 11) is 1.43. The maximum absolute atomic E-state index is 12.5. The number of nitro groups is 1. The van der Waals surface area contributed by atoms with Crippen LogP contribution in [0.25, 0.3) is 0 Å². The van der Waals surface area contributed by atoms with Gasteiger partial charge in [0.25, 0.3) is 5.91 Å². The van der Waals surface area contributed by atoms with Gasteiger partial charge in [-0.3, -0.25) is 19.8 Å². The zero-order valence-electron chi connectivity index (χ0n) is 18.2. The van der Waals surface area contributed by atoms with Gasteiger partial charge in [0.05, 0.1) is 18.1 Å². The number of carbonyl (C=O) groups is 1. The zero-order chi connectivity index (χ0) is 22.4. The van der Waals surface area contributed by atoms with E-state index in [1.54, 1.807) is 11.0 Å². The zero-order valence-corrected chi connectivity index (χ0v) is 18.2. The second-order valence-electron chi connectivity index (χ2n) is 7.93. The number of carbonyl (C=O) groups excluding carboxylic acids is 1. The molecule has 31 heavy (non-hydrogen) atoms. The fourth-order valence-electron chi connectivity index (χ4n) is 3.54. The Kier molecular flexibility index (Phi) is 7.46. The summed E-state index contributed by atoms with van der Waals surface area (Å²) in [5, 5.41) is 11.2. The van der Waals surface area contributed by atoms with Crippen LogP contribution in [0.3, 0.4) is 0 Å². The molecule has 1 heterocycles. The van der Waals surface area contributed by atoms with Crippen LogP contribution >= 0.6 is 0 Å². The summed E-state index contributed by atoms with van der Waals surface area (Å²) in [6.07, 6.45) is 0. The quantitative estimate of drug-likeness (QED) is 0.474. The molecule has 3 rings (SSSR count). The molecular formula is C23H29N3O5. The molecular weight excluding hydrogens is 398 g/mol. The van der Waals surface area contributed by atoms with Crippen molar-refractivity contribution < 1.29 is 19.2 Å². The number of methoxy groups -OCH3 is 1. The van der Waals surface area contributed by atoms with E-state index in [1.165, 1.54) is 30.4 Å². The van der Waals surface area contributed by atoms with Crippen LogP contribution in [0.4, 0.5) is 5.69 Å². The monoisotopic (exact) mass is 427 g/mol. The third-order valence-corrected chi connectivity index (χ3v) is 5.49. The van der Waals surface area contributed by atoms with Crippen molar-refractivity contribution in [2.45, 2.75) is 26.3 Å². The molecule has 1 amide bonds. The molecule has 0 radical (unpaired) electrons. The third kappa shape index (κ3) is 5.95. The van der Waals surface area contributed by atoms with Crippen LogP contribution < -0.4 is 9.47 Å². The van der Waals surface area contributed by atoms with Gasteiger partial charge in [-0.05, 0) is 29.2 Å². The van der Waals surface area contributed by atoms with E-state index in [1.807, 2.05) is 0 Å². The lowest BCUT2D eigenvalue weighted by molar-refractivity contribution is -0.385. The molecule has 8 nitrogen and oxygen atoms in total. The van der Waals surface area contributed by atoms with Crippen LogP contribution in [0.2, 0.25) is 0 Å². The molecule has 1 aliphatic heterocycles. The van der Waals surface area contributed by atoms with Crippen molar-refractivity contribution in [3.8, 4) is 11.5 Å². The van der Waals surface area contributed by atoms with E-state index in [4.69, 9.17) is 9.47 Å². The van der Waals surface area contributed by atoms with Crippen molar-refractivity contribution in [2.24, 2.45) is 0 Å². The van der Waals surface area contributed by atoms with Gasteiger partial charge in [0.2, 0.25) is 0 Å². The summed E-state index contributed by atoms with van der Waals surface area (Å²) in [6.45, 7) is 7.76. The molecule has 0 aromatic heterocycles. The Bertz CT molecular complexity index is 906. The molecule has 1 aliphatic rings. The van der Waals surface area contributed by atoms with E-state index in [9.17, 15) is 14.9 Å². The van der Waals surface area contributed by atoms with Gasteiger partial charge < -0.3 is 14.4 Å². The van der Waals surface area contributed by atoms with Gasteiger partial charge in [0.1, 0.15) is 5.75 Å². The van der Waals surface area contributed by atoms with Crippen molar-refractivity contribution in [3.63, 3.8) is 0 Å². The molecule has 0 atom stereocenters. The van der Waals surface area contributed by atoms with Crippen LogP contribution in [-0.2, 0) is 11.3 Å². The van der Waals surface area contributed by atoms with E-state index < -0.39 is 4.92 Å². The molecule has 2 aromatic carbocycles. The van der Waals surface area contributed by atoms with Crippen molar-refractivity contribution in [1.29, 1.82) is 0 Å². The number of hydrogen-bond donors (Lipinski definition) is 0. The fourth-order valence-corrected chi connectivity index (χ4v) is 3.54. The van der Waals surface area contributed by atoms with Crippen molar-refractivity contribution in [1.82, 2.24) is 9.80 Å². The van der Waals surface area contributed by atoms with Gasteiger partial charge in [0.15, 0.2) is 12.4 Å². The number of nitrogens with zero attached hydrogens (tertiary/aromatic N) is 3. The number of amides is 1. The van der Waals surface area contributed by atoms with Crippen LogP contribution in [0, 0.1) is 10.1 Å². The van der Waals surface area contributed by atoms with Crippen LogP contribution in [0.15, 0.2) is 42.5 Å². The molecule has 0 aliphatic carbocycles. The van der Waals surface area contributed by atoms with Gasteiger partial charge in [-0.2, -0.15) is 0 Å². The molecule has 1 fully saturated rings. The third-order valence-electron chi connectivity index (χ3n) is 5.49. The van der Waals surface area contributed by atoms with E-state index in [2.05, 4.69) is 43.0 Å². The summed E-state index contributed by atoms with van der Waals surface area (Å²) in [6, 6.07) is 13.0.